The predicted molar refractivity (Wildman–Crippen MR) is 86.2 cm³/mol. The van der Waals surface area contributed by atoms with Crippen molar-refractivity contribution >= 4 is 0 Å². The van der Waals surface area contributed by atoms with Crippen molar-refractivity contribution < 1.29 is 0 Å². The van der Waals surface area contributed by atoms with Gasteiger partial charge in [-0.3, -0.25) is 9.88 Å². The molecule has 2 aromatic rings. The van der Waals surface area contributed by atoms with Gasteiger partial charge in [-0.15, -0.1) is 0 Å². The smallest absolute Gasteiger partial charge is 0.0777 e. The van der Waals surface area contributed by atoms with Crippen LogP contribution in [0.2, 0.25) is 0 Å². The third-order valence-electron chi connectivity index (χ3n) is 4.03. The second kappa shape index (κ2) is 6.37. The fraction of sp³-hybridized carbons (Fsp3) is 0.389. The van der Waals surface area contributed by atoms with E-state index in [2.05, 4.69) is 71.5 Å². The van der Waals surface area contributed by atoms with E-state index in [0.29, 0.717) is 12.1 Å². The standard InChI is InChI=1S/C18H23N3/c1-14-12-21(13-15(2)20-14)18(16-8-4-3-5-9-16)17-10-6-7-11-19-17/h3-11,14-15,18,20H,12-13H2,1-2H3. The van der Waals surface area contributed by atoms with E-state index in [0.717, 1.165) is 18.8 Å². The van der Waals surface area contributed by atoms with Gasteiger partial charge in [0.1, 0.15) is 0 Å². The van der Waals surface area contributed by atoms with Crippen LogP contribution in [0.4, 0.5) is 0 Å². The molecule has 1 saturated heterocycles. The number of rotatable bonds is 3. The first-order valence-electron chi connectivity index (χ1n) is 7.70. The Hall–Kier alpha value is -1.71. The van der Waals surface area contributed by atoms with Crippen molar-refractivity contribution in [2.24, 2.45) is 0 Å². The number of benzene rings is 1. The zero-order valence-corrected chi connectivity index (χ0v) is 12.7. The molecule has 0 spiro atoms. The Kier molecular flexibility index (Phi) is 4.32. The highest BCUT2D eigenvalue weighted by Crippen LogP contribution is 2.28. The topological polar surface area (TPSA) is 28.2 Å². The van der Waals surface area contributed by atoms with Gasteiger partial charge in [-0.2, -0.15) is 0 Å². The quantitative estimate of drug-likeness (QED) is 0.937. The maximum absolute atomic E-state index is 4.62. The molecule has 1 fully saturated rings. The van der Waals surface area contributed by atoms with Crippen LogP contribution in [0.5, 0.6) is 0 Å². The maximum Gasteiger partial charge on any atom is 0.0777 e. The molecule has 3 atom stereocenters. The highest BCUT2D eigenvalue weighted by molar-refractivity contribution is 5.28. The summed E-state index contributed by atoms with van der Waals surface area (Å²) in [5.41, 5.74) is 2.45. The lowest BCUT2D eigenvalue weighted by Crippen LogP contribution is -2.55. The van der Waals surface area contributed by atoms with Crippen molar-refractivity contribution in [2.45, 2.75) is 32.0 Å². The summed E-state index contributed by atoms with van der Waals surface area (Å²) in [6, 6.07) is 18.1. The SMILES string of the molecule is CC1CN(C(c2ccccc2)c2ccccn2)CC(C)N1. The first-order valence-corrected chi connectivity index (χ1v) is 7.70. The molecule has 3 unspecified atom stereocenters. The summed E-state index contributed by atoms with van der Waals surface area (Å²) in [5.74, 6) is 0. The van der Waals surface area contributed by atoms with Gasteiger partial charge in [0, 0.05) is 31.4 Å². The zero-order valence-electron chi connectivity index (χ0n) is 12.7. The maximum atomic E-state index is 4.62. The van der Waals surface area contributed by atoms with E-state index in [1.807, 2.05) is 12.3 Å². The molecule has 3 rings (SSSR count). The first-order chi connectivity index (χ1) is 10.2. The molecule has 1 aromatic carbocycles. The van der Waals surface area contributed by atoms with Crippen LogP contribution < -0.4 is 5.32 Å². The molecule has 21 heavy (non-hydrogen) atoms. The average molecular weight is 281 g/mol. The lowest BCUT2D eigenvalue weighted by molar-refractivity contribution is 0.139. The highest BCUT2D eigenvalue weighted by atomic mass is 15.2. The van der Waals surface area contributed by atoms with Gasteiger partial charge in [0.25, 0.3) is 0 Å². The van der Waals surface area contributed by atoms with Crippen molar-refractivity contribution in [3.05, 3.63) is 66.0 Å². The average Bonchev–Trinajstić information content (AvgIpc) is 2.49. The molecule has 2 heterocycles. The van der Waals surface area contributed by atoms with Gasteiger partial charge in [-0.1, -0.05) is 36.4 Å². The molecule has 1 aliphatic heterocycles. The van der Waals surface area contributed by atoms with Gasteiger partial charge in [-0.05, 0) is 31.5 Å². The van der Waals surface area contributed by atoms with E-state index in [-0.39, 0.29) is 6.04 Å². The van der Waals surface area contributed by atoms with Crippen LogP contribution in [0.15, 0.2) is 54.7 Å². The van der Waals surface area contributed by atoms with E-state index in [9.17, 15) is 0 Å². The number of hydrogen-bond donors (Lipinski definition) is 1. The van der Waals surface area contributed by atoms with Gasteiger partial charge < -0.3 is 5.32 Å². The molecule has 1 N–H and O–H groups in total. The van der Waals surface area contributed by atoms with Crippen LogP contribution >= 0.6 is 0 Å². The van der Waals surface area contributed by atoms with Crippen LogP contribution in [-0.2, 0) is 0 Å². The van der Waals surface area contributed by atoms with Crippen LogP contribution in [0.1, 0.15) is 31.1 Å². The number of piperazine rings is 1. The molecule has 0 aliphatic carbocycles. The molecule has 0 radical (unpaired) electrons. The van der Waals surface area contributed by atoms with E-state index in [1.165, 1.54) is 5.56 Å². The van der Waals surface area contributed by atoms with E-state index < -0.39 is 0 Å². The monoisotopic (exact) mass is 281 g/mol. The number of aromatic nitrogens is 1. The number of hydrogen-bond acceptors (Lipinski definition) is 3. The summed E-state index contributed by atoms with van der Waals surface area (Å²) < 4.78 is 0. The van der Waals surface area contributed by atoms with Gasteiger partial charge in [-0.25, -0.2) is 0 Å². The normalized spacial score (nSPS) is 24.7. The molecule has 110 valence electrons. The molecule has 0 saturated carbocycles. The minimum absolute atomic E-state index is 0.236. The van der Waals surface area contributed by atoms with Crippen LogP contribution in [-0.4, -0.2) is 35.1 Å². The Labute approximate surface area is 127 Å². The molecular formula is C18H23N3. The van der Waals surface area contributed by atoms with E-state index in [1.54, 1.807) is 0 Å². The van der Waals surface area contributed by atoms with Gasteiger partial charge in [0.05, 0.1) is 11.7 Å². The summed E-state index contributed by atoms with van der Waals surface area (Å²) in [7, 11) is 0. The molecule has 1 aromatic heterocycles. The second-order valence-electron chi connectivity index (χ2n) is 5.99. The Balaban J connectivity index is 1.96. The van der Waals surface area contributed by atoms with Crippen LogP contribution in [0, 0.1) is 0 Å². The zero-order chi connectivity index (χ0) is 14.7. The fourth-order valence-electron chi connectivity index (χ4n) is 3.32. The largest absolute Gasteiger partial charge is 0.309 e. The second-order valence-corrected chi connectivity index (χ2v) is 5.99. The summed E-state index contributed by atoms with van der Waals surface area (Å²) in [6.07, 6.45) is 1.89. The third kappa shape index (κ3) is 3.31. The number of nitrogens with one attached hydrogen (secondary N) is 1. The molecular weight excluding hydrogens is 258 g/mol. The summed E-state index contributed by atoms with van der Waals surface area (Å²) in [6.45, 7) is 6.59. The molecule has 3 nitrogen and oxygen atoms in total. The van der Waals surface area contributed by atoms with Crippen molar-refractivity contribution in [3.63, 3.8) is 0 Å². The van der Waals surface area contributed by atoms with Crippen molar-refractivity contribution in [1.29, 1.82) is 0 Å². The lowest BCUT2D eigenvalue weighted by Gasteiger charge is -2.40. The van der Waals surface area contributed by atoms with Crippen LogP contribution in [0.25, 0.3) is 0 Å². The summed E-state index contributed by atoms with van der Waals surface area (Å²) in [5, 5.41) is 3.60. The minimum atomic E-state index is 0.236. The van der Waals surface area contributed by atoms with Crippen LogP contribution in [0.3, 0.4) is 0 Å². The predicted octanol–water partition coefficient (Wildman–Crippen LogP) is 2.85. The third-order valence-corrected chi connectivity index (χ3v) is 4.03. The molecule has 0 amide bonds. The van der Waals surface area contributed by atoms with E-state index in [4.69, 9.17) is 0 Å². The Morgan fingerprint density at radius 3 is 2.29 bits per heavy atom. The highest BCUT2D eigenvalue weighted by Gasteiger charge is 2.29. The molecule has 3 heteroatoms. The molecule has 0 bridgehead atoms. The molecule has 1 aliphatic rings. The number of nitrogens with zero attached hydrogens (tertiary/aromatic N) is 2. The Morgan fingerprint density at radius 2 is 1.67 bits per heavy atom. The minimum Gasteiger partial charge on any atom is -0.309 e. The van der Waals surface area contributed by atoms with Crippen molar-refractivity contribution in [1.82, 2.24) is 15.2 Å². The van der Waals surface area contributed by atoms with Gasteiger partial charge in [0.15, 0.2) is 0 Å². The summed E-state index contributed by atoms with van der Waals surface area (Å²) >= 11 is 0. The Bertz CT molecular complexity index is 506. The van der Waals surface area contributed by atoms with E-state index >= 15 is 0 Å². The Morgan fingerprint density at radius 1 is 1.00 bits per heavy atom. The first kappa shape index (κ1) is 14.2. The summed E-state index contributed by atoms with van der Waals surface area (Å²) in [4.78, 5) is 7.16. The lowest BCUT2D eigenvalue weighted by atomic mass is 9.98. The van der Waals surface area contributed by atoms with Crippen molar-refractivity contribution in [2.75, 3.05) is 13.1 Å². The number of pyridine rings is 1. The van der Waals surface area contributed by atoms with Gasteiger partial charge >= 0.3 is 0 Å². The fourth-order valence-corrected chi connectivity index (χ4v) is 3.32. The van der Waals surface area contributed by atoms with Gasteiger partial charge in [0.2, 0.25) is 0 Å². The van der Waals surface area contributed by atoms with Crippen molar-refractivity contribution in [3.8, 4) is 0 Å².